The Hall–Kier alpha value is -1.10. The number of hydrogen-bond acceptors (Lipinski definition) is 4. The third-order valence-corrected chi connectivity index (χ3v) is 3.12. The highest BCUT2D eigenvalue weighted by molar-refractivity contribution is 7.13. The molecule has 1 aromatic rings. The van der Waals surface area contributed by atoms with Gasteiger partial charge < -0.3 is 10.4 Å². The van der Waals surface area contributed by atoms with E-state index in [0.717, 1.165) is 17.2 Å². The molecule has 4 nitrogen and oxygen atoms in total. The van der Waals surface area contributed by atoms with Crippen LogP contribution in [-0.4, -0.2) is 22.6 Å². The summed E-state index contributed by atoms with van der Waals surface area (Å²) in [6.07, 6.45) is 1.08. The van der Waals surface area contributed by atoms with Crippen LogP contribution in [0.15, 0.2) is 5.38 Å². The van der Waals surface area contributed by atoms with Crippen LogP contribution in [-0.2, 0) is 4.79 Å². The minimum absolute atomic E-state index is 0.173. The van der Waals surface area contributed by atoms with E-state index in [-0.39, 0.29) is 12.3 Å². The Bertz CT molecular complexity index is 325. The highest BCUT2D eigenvalue weighted by Gasteiger charge is 2.11. The van der Waals surface area contributed by atoms with Crippen LogP contribution in [0.5, 0.6) is 0 Å². The Morgan fingerprint density at radius 3 is 2.93 bits per heavy atom. The second-order valence-electron chi connectivity index (χ2n) is 3.55. The number of aryl methyl sites for hydroxylation is 1. The molecule has 5 heteroatoms. The maximum absolute atomic E-state index is 10.5. The first-order valence-corrected chi connectivity index (χ1v) is 5.87. The molecule has 1 atom stereocenters. The van der Waals surface area contributed by atoms with E-state index >= 15 is 0 Å². The quantitative estimate of drug-likeness (QED) is 0.784. The molecule has 1 aromatic heterocycles. The number of hydrogen-bond donors (Lipinski definition) is 2. The number of nitrogens with zero attached hydrogens (tertiary/aromatic N) is 1. The molecule has 15 heavy (non-hydrogen) atoms. The van der Waals surface area contributed by atoms with E-state index < -0.39 is 5.97 Å². The van der Waals surface area contributed by atoms with Crippen LogP contribution in [0.3, 0.4) is 0 Å². The normalized spacial score (nSPS) is 12.4. The molecule has 0 radical (unpaired) electrons. The zero-order valence-corrected chi connectivity index (χ0v) is 9.80. The third kappa shape index (κ3) is 4.29. The van der Waals surface area contributed by atoms with Gasteiger partial charge in [0.25, 0.3) is 0 Å². The van der Waals surface area contributed by atoms with Crippen molar-refractivity contribution in [2.24, 2.45) is 5.92 Å². The monoisotopic (exact) mass is 228 g/mol. The van der Waals surface area contributed by atoms with Gasteiger partial charge in [-0.2, -0.15) is 0 Å². The molecule has 0 saturated heterocycles. The van der Waals surface area contributed by atoms with Gasteiger partial charge in [0.1, 0.15) is 0 Å². The Labute approximate surface area is 93.4 Å². The zero-order valence-electron chi connectivity index (χ0n) is 8.99. The van der Waals surface area contributed by atoms with Crippen molar-refractivity contribution < 1.29 is 9.90 Å². The van der Waals surface area contributed by atoms with E-state index in [0.29, 0.717) is 6.54 Å². The molecule has 0 saturated carbocycles. The van der Waals surface area contributed by atoms with Gasteiger partial charge >= 0.3 is 5.97 Å². The first kappa shape index (κ1) is 12.0. The van der Waals surface area contributed by atoms with Crippen LogP contribution in [0.4, 0.5) is 5.13 Å². The molecule has 0 bridgehead atoms. The van der Waals surface area contributed by atoms with Gasteiger partial charge in [-0.15, -0.1) is 11.3 Å². The fourth-order valence-corrected chi connectivity index (χ4v) is 1.97. The van der Waals surface area contributed by atoms with Crippen LogP contribution in [0.2, 0.25) is 0 Å². The molecular weight excluding hydrogens is 212 g/mol. The highest BCUT2D eigenvalue weighted by atomic mass is 32.1. The van der Waals surface area contributed by atoms with Gasteiger partial charge in [0.15, 0.2) is 5.13 Å². The smallest absolute Gasteiger partial charge is 0.303 e. The van der Waals surface area contributed by atoms with Gasteiger partial charge in [0, 0.05) is 18.3 Å². The average Bonchev–Trinajstić information content (AvgIpc) is 2.58. The summed E-state index contributed by atoms with van der Waals surface area (Å²) in [5, 5.41) is 14.7. The average molecular weight is 228 g/mol. The largest absolute Gasteiger partial charge is 0.481 e. The lowest BCUT2D eigenvalue weighted by atomic mass is 10.0. The summed E-state index contributed by atoms with van der Waals surface area (Å²) >= 11 is 1.55. The number of aliphatic carboxylic acids is 1. The van der Waals surface area contributed by atoms with Crippen LogP contribution in [0.25, 0.3) is 0 Å². The predicted molar refractivity (Wildman–Crippen MR) is 61.4 cm³/mol. The first-order chi connectivity index (χ1) is 7.11. The summed E-state index contributed by atoms with van der Waals surface area (Å²) in [7, 11) is 0. The minimum Gasteiger partial charge on any atom is -0.481 e. The summed E-state index contributed by atoms with van der Waals surface area (Å²) in [6.45, 7) is 4.62. The second-order valence-corrected chi connectivity index (χ2v) is 4.41. The van der Waals surface area contributed by atoms with E-state index in [1.54, 1.807) is 11.3 Å². The summed E-state index contributed by atoms with van der Waals surface area (Å²) in [4.78, 5) is 14.8. The molecular formula is C10H16N2O2S. The van der Waals surface area contributed by atoms with Crippen molar-refractivity contribution in [3.8, 4) is 0 Å². The van der Waals surface area contributed by atoms with Crippen molar-refractivity contribution in [1.29, 1.82) is 0 Å². The Morgan fingerprint density at radius 2 is 2.47 bits per heavy atom. The summed E-state index contributed by atoms with van der Waals surface area (Å²) in [5.41, 5.74) is 0.994. The molecule has 0 aliphatic rings. The van der Waals surface area contributed by atoms with Gasteiger partial charge in [-0.3, -0.25) is 4.79 Å². The number of anilines is 1. The van der Waals surface area contributed by atoms with E-state index in [1.165, 1.54) is 0 Å². The second kappa shape index (κ2) is 5.70. The molecule has 84 valence electrons. The fraction of sp³-hybridized carbons (Fsp3) is 0.600. The number of carboxylic acid groups (broad SMARTS) is 1. The van der Waals surface area contributed by atoms with Gasteiger partial charge in [-0.25, -0.2) is 4.98 Å². The van der Waals surface area contributed by atoms with Gasteiger partial charge in [0.2, 0.25) is 0 Å². The molecule has 0 fully saturated rings. The molecule has 1 unspecified atom stereocenters. The zero-order chi connectivity index (χ0) is 11.3. The number of carboxylic acids is 1. The van der Waals surface area contributed by atoms with Crippen molar-refractivity contribution in [2.45, 2.75) is 26.7 Å². The number of aromatic nitrogens is 1. The maximum Gasteiger partial charge on any atom is 0.303 e. The van der Waals surface area contributed by atoms with E-state index in [9.17, 15) is 4.79 Å². The molecule has 2 N–H and O–H groups in total. The lowest BCUT2D eigenvalue weighted by molar-refractivity contribution is -0.138. The van der Waals surface area contributed by atoms with Gasteiger partial charge in [-0.1, -0.05) is 13.3 Å². The van der Waals surface area contributed by atoms with Gasteiger partial charge in [0.05, 0.1) is 5.69 Å². The van der Waals surface area contributed by atoms with Crippen LogP contribution in [0, 0.1) is 12.8 Å². The summed E-state index contributed by atoms with van der Waals surface area (Å²) in [5.74, 6) is -0.564. The van der Waals surface area contributed by atoms with E-state index in [1.807, 2.05) is 19.2 Å². The van der Waals surface area contributed by atoms with Crippen LogP contribution < -0.4 is 5.32 Å². The Morgan fingerprint density at radius 1 is 1.73 bits per heavy atom. The lowest BCUT2D eigenvalue weighted by Gasteiger charge is -2.12. The van der Waals surface area contributed by atoms with Crippen molar-refractivity contribution in [1.82, 2.24) is 4.98 Å². The van der Waals surface area contributed by atoms with Crippen molar-refractivity contribution >= 4 is 22.4 Å². The number of thiazole rings is 1. The van der Waals surface area contributed by atoms with E-state index in [2.05, 4.69) is 10.3 Å². The summed E-state index contributed by atoms with van der Waals surface area (Å²) < 4.78 is 0. The highest BCUT2D eigenvalue weighted by Crippen LogP contribution is 2.16. The molecule has 1 heterocycles. The third-order valence-electron chi connectivity index (χ3n) is 2.20. The Kier molecular flexibility index (Phi) is 4.55. The topological polar surface area (TPSA) is 62.2 Å². The van der Waals surface area contributed by atoms with Crippen molar-refractivity contribution in [3.05, 3.63) is 11.1 Å². The molecule has 0 aromatic carbocycles. The molecule has 1 rings (SSSR count). The maximum atomic E-state index is 10.5. The molecule has 0 aliphatic carbocycles. The lowest BCUT2D eigenvalue weighted by Crippen LogP contribution is -2.17. The first-order valence-electron chi connectivity index (χ1n) is 4.99. The summed E-state index contributed by atoms with van der Waals surface area (Å²) in [6, 6.07) is 0. The van der Waals surface area contributed by atoms with Crippen molar-refractivity contribution in [2.75, 3.05) is 11.9 Å². The SMILES string of the molecule is CCC(CNc1nc(C)cs1)CC(=O)O. The van der Waals surface area contributed by atoms with E-state index in [4.69, 9.17) is 5.11 Å². The molecule has 0 aliphatic heterocycles. The predicted octanol–water partition coefficient (Wildman–Crippen LogP) is 2.36. The minimum atomic E-state index is -0.737. The molecule has 0 amide bonds. The number of nitrogens with one attached hydrogen (secondary N) is 1. The standard InChI is InChI=1S/C10H16N2O2S/c1-3-8(4-9(13)14)5-11-10-12-7(2)6-15-10/h6,8H,3-5H2,1-2H3,(H,11,12)(H,13,14). The van der Waals surface area contributed by atoms with Crippen LogP contribution in [0.1, 0.15) is 25.5 Å². The van der Waals surface area contributed by atoms with Crippen molar-refractivity contribution in [3.63, 3.8) is 0 Å². The Balaban J connectivity index is 2.37. The van der Waals surface area contributed by atoms with Gasteiger partial charge in [-0.05, 0) is 12.8 Å². The molecule has 0 spiro atoms. The fourth-order valence-electron chi connectivity index (χ4n) is 1.27. The van der Waals surface area contributed by atoms with Crippen LogP contribution >= 0.6 is 11.3 Å². The number of rotatable bonds is 6. The number of carbonyl (C=O) groups is 1.